The Morgan fingerprint density at radius 3 is 2.40 bits per heavy atom. The molecule has 0 saturated heterocycles. The van der Waals surface area contributed by atoms with Crippen LogP contribution in [0.25, 0.3) is 0 Å². The maximum absolute atomic E-state index is 10.7. The lowest BCUT2D eigenvalue weighted by Crippen LogP contribution is -2.38. The summed E-state index contributed by atoms with van der Waals surface area (Å²) in [6.07, 6.45) is -1.04. The predicted octanol–water partition coefficient (Wildman–Crippen LogP) is -1.96. The summed E-state index contributed by atoms with van der Waals surface area (Å²) < 4.78 is 0. The van der Waals surface area contributed by atoms with E-state index in [-0.39, 0.29) is 12.8 Å². The van der Waals surface area contributed by atoms with Gasteiger partial charge in [-0.05, 0) is 19.4 Å². The second kappa shape index (κ2) is 10.4. The molecule has 0 spiro atoms. The van der Waals surface area contributed by atoms with Crippen molar-refractivity contribution in [2.75, 3.05) is 13.1 Å². The van der Waals surface area contributed by atoms with Crippen LogP contribution in [0.1, 0.15) is 25.7 Å². The predicted molar refractivity (Wildman–Crippen MR) is 70.0 cm³/mol. The number of Topliss-reactive ketones (excluding diaryl/α,β-unsaturated/α-hetero) is 1. The lowest BCUT2D eigenvalue weighted by Gasteiger charge is -2.17. The van der Waals surface area contributed by atoms with E-state index in [0.29, 0.717) is 25.8 Å². The number of ketones is 1. The van der Waals surface area contributed by atoms with Crippen molar-refractivity contribution in [2.45, 2.75) is 43.9 Å². The number of rotatable bonds is 12. The molecule has 0 radical (unpaired) electrons. The monoisotopic (exact) mass is 290 g/mol. The summed E-state index contributed by atoms with van der Waals surface area (Å²) in [5, 5.41) is 30.3. The number of aliphatic hydroxyl groups excluding tert-OH is 2. The van der Waals surface area contributed by atoms with Crippen molar-refractivity contribution in [3.05, 3.63) is 0 Å². The molecule has 0 saturated carbocycles. The Kier molecular flexibility index (Phi) is 9.73. The van der Waals surface area contributed by atoms with Crippen molar-refractivity contribution >= 4 is 18.0 Å². The molecule has 0 aromatic heterocycles. The minimum absolute atomic E-state index is 0.0816. The third-order valence-corrected chi connectivity index (χ3v) is 2.78. The molecule has 0 aromatic rings. The van der Waals surface area contributed by atoms with Gasteiger partial charge in [0.2, 0.25) is 0 Å². The summed E-state index contributed by atoms with van der Waals surface area (Å²) in [7, 11) is 0. The van der Waals surface area contributed by atoms with Crippen LogP contribution in [0, 0.1) is 0 Å². The smallest absolute Gasteiger partial charge is 0.320 e. The summed E-state index contributed by atoms with van der Waals surface area (Å²) in [5.41, 5.74) is 5.33. The first-order valence-electron chi connectivity index (χ1n) is 6.41. The molecule has 116 valence electrons. The van der Waals surface area contributed by atoms with Gasteiger partial charge in [0.25, 0.3) is 0 Å². The fraction of sp³-hybridized carbons (Fsp3) is 0.750. The van der Waals surface area contributed by atoms with Crippen LogP contribution in [0.15, 0.2) is 0 Å². The fourth-order valence-corrected chi connectivity index (χ4v) is 1.51. The minimum atomic E-state index is -1.28. The minimum Gasteiger partial charge on any atom is -0.480 e. The highest BCUT2D eigenvalue weighted by atomic mass is 16.4. The highest BCUT2D eigenvalue weighted by Gasteiger charge is 2.18. The van der Waals surface area contributed by atoms with Crippen LogP contribution in [0.3, 0.4) is 0 Å². The number of hydrogen-bond donors (Lipinski definition) is 5. The van der Waals surface area contributed by atoms with Crippen molar-refractivity contribution in [2.24, 2.45) is 5.73 Å². The molecule has 0 aliphatic rings. The number of hydrogen-bond acceptors (Lipinski definition) is 7. The van der Waals surface area contributed by atoms with E-state index < -0.39 is 36.4 Å². The van der Waals surface area contributed by atoms with Gasteiger partial charge in [0.05, 0.1) is 12.2 Å². The molecule has 6 N–H and O–H groups in total. The van der Waals surface area contributed by atoms with E-state index in [1.807, 2.05) is 0 Å². The van der Waals surface area contributed by atoms with Crippen LogP contribution in [0.2, 0.25) is 0 Å². The number of carbonyl (C=O) groups excluding carboxylic acids is 2. The van der Waals surface area contributed by atoms with Crippen LogP contribution < -0.4 is 11.1 Å². The molecule has 0 aromatic carbocycles. The number of carboxylic acids is 1. The number of carbonyl (C=O) groups is 3. The van der Waals surface area contributed by atoms with Gasteiger partial charge in [-0.25, -0.2) is 0 Å². The molecule has 0 aliphatic heterocycles. The molecule has 0 bridgehead atoms. The Morgan fingerprint density at radius 2 is 1.85 bits per heavy atom. The first-order valence-corrected chi connectivity index (χ1v) is 6.41. The molecule has 0 rings (SSSR count). The summed E-state index contributed by atoms with van der Waals surface area (Å²) in [5.74, 6) is -1.80. The zero-order chi connectivity index (χ0) is 15.5. The molecule has 20 heavy (non-hydrogen) atoms. The SMILES string of the molecule is N[C@@H](CCCCNCC(O)C(O)CC(=O)C=O)C(=O)O. The van der Waals surface area contributed by atoms with Gasteiger partial charge in [0, 0.05) is 13.0 Å². The van der Waals surface area contributed by atoms with Crippen molar-refractivity contribution in [3.63, 3.8) is 0 Å². The lowest BCUT2D eigenvalue weighted by atomic mass is 10.1. The maximum Gasteiger partial charge on any atom is 0.320 e. The Hall–Kier alpha value is -1.35. The molecule has 3 atom stereocenters. The van der Waals surface area contributed by atoms with Gasteiger partial charge in [-0.2, -0.15) is 0 Å². The van der Waals surface area contributed by atoms with Crippen molar-refractivity contribution in [1.82, 2.24) is 5.32 Å². The second-order valence-corrected chi connectivity index (χ2v) is 4.57. The molecule has 0 aliphatic carbocycles. The fourth-order valence-electron chi connectivity index (χ4n) is 1.51. The first-order chi connectivity index (χ1) is 9.38. The van der Waals surface area contributed by atoms with E-state index in [0.717, 1.165) is 0 Å². The zero-order valence-corrected chi connectivity index (χ0v) is 11.2. The molecule has 8 heteroatoms. The van der Waals surface area contributed by atoms with Crippen LogP contribution in [0.4, 0.5) is 0 Å². The van der Waals surface area contributed by atoms with Gasteiger partial charge in [-0.15, -0.1) is 0 Å². The van der Waals surface area contributed by atoms with Crippen molar-refractivity contribution < 1.29 is 29.7 Å². The van der Waals surface area contributed by atoms with Gasteiger partial charge in [0.15, 0.2) is 12.1 Å². The van der Waals surface area contributed by atoms with Crippen molar-refractivity contribution in [3.8, 4) is 0 Å². The summed E-state index contributed by atoms with van der Waals surface area (Å²) >= 11 is 0. The van der Waals surface area contributed by atoms with E-state index in [4.69, 9.17) is 10.8 Å². The normalized spacial score (nSPS) is 15.3. The van der Waals surface area contributed by atoms with E-state index >= 15 is 0 Å². The Morgan fingerprint density at radius 1 is 1.20 bits per heavy atom. The van der Waals surface area contributed by atoms with Crippen LogP contribution in [0.5, 0.6) is 0 Å². The number of nitrogens with one attached hydrogen (secondary N) is 1. The molecule has 2 unspecified atom stereocenters. The molecule has 0 heterocycles. The van der Waals surface area contributed by atoms with Gasteiger partial charge in [0.1, 0.15) is 6.04 Å². The van der Waals surface area contributed by atoms with Gasteiger partial charge in [-0.1, -0.05) is 6.42 Å². The van der Waals surface area contributed by atoms with E-state index in [9.17, 15) is 24.6 Å². The average Bonchev–Trinajstić information content (AvgIpc) is 2.41. The molecule has 0 fully saturated rings. The Balaban J connectivity index is 3.61. The second-order valence-electron chi connectivity index (χ2n) is 4.57. The molecule has 0 amide bonds. The largest absolute Gasteiger partial charge is 0.480 e. The molecular formula is C12H22N2O6. The number of unbranched alkanes of at least 4 members (excludes halogenated alkanes) is 1. The maximum atomic E-state index is 10.7. The van der Waals surface area contributed by atoms with E-state index in [1.165, 1.54) is 0 Å². The Labute approximate surface area is 117 Å². The summed E-state index contributed by atoms with van der Waals surface area (Å²) in [6.45, 7) is 0.607. The molecule has 8 nitrogen and oxygen atoms in total. The van der Waals surface area contributed by atoms with Gasteiger partial charge < -0.3 is 26.4 Å². The number of nitrogens with two attached hydrogens (primary N) is 1. The van der Waals surface area contributed by atoms with E-state index in [1.54, 1.807) is 0 Å². The lowest BCUT2D eigenvalue weighted by molar-refractivity contribution is -0.138. The van der Waals surface area contributed by atoms with Crippen LogP contribution in [-0.4, -0.2) is 64.7 Å². The summed E-state index contributed by atoms with van der Waals surface area (Å²) in [4.78, 5) is 31.3. The third kappa shape index (κ3) is 8.70. The van der Waals surface area contributed by atoms with Crippen LogP contribution in [-0.2, 0) is 14.4 Å². The van der Waals surface area contributed by atoms with E-state index in [2.05, 4.69) is 5.32 Å². The number of carboxylic acid groups (broad SMARTS) is 1. The first kappa shape index (κ1) is 18.7. The number of aldehydes is 1. The van der Waals surface area contributed by atoms with Gasteiger partial charge >= 0.3 is 5.97 Å². The highest BCUT2D eigenvalue weighted by Crippen LogP contribution is 2.00. The zero-order valence-electron chi connectivity index (χ0n) is 11.2. The quantitative estimate of drug-likeness (QED) is 0.158. The third-order valence-electron chi connectivity index (χ3n) is 2.78. The highest BCUT2D eigenvalue weighted by molar-refractivity contribution is 6.25. The van der Waals surface area contributed by atoms with Gasteiger partial charge in [-0.3, -0.25) is 14.4 Å². The van der Waals surface area contributed by atoms with Crippen molar-refractivity contribution in [1.29, 1.82) is 0 Å². The number of aliphatic carboxylic acids is 1. The topological polar surface area (TPSA) is 150 Å². The average molecular weight is 290 g/mol. The standard InChI is InChI=1S/C12H22N2O6/c13-9(12(19)20)3-1-2-4-14-6-11(18)10(17)5-8(16)7-15/h7,9-11,14,17-18H,1-6,13H2,(H,19,20)/t9-,10?,11?/m0/s1. The summed E-state index contributed by atoms with van der Waals surface area (Å²) in [6, 6.07) is -0.864. The van der Waals surface area contributed by atoms with Crippen LogP contribution >= 0.6 is 0 Å². The number of aliphatic hydroxyl groups is 2. The molecular weight excluding hydrogens is 268 g/mol. The Bertz CT molecular complexity index is 323.